The van der Waals surface area contributed by atoms with Gasteiger partial charge in [-0.1, -0.05) is 13.0 Å². The van der Waals surface area contributed by atoms with Crippen LogP contribution in [0.5, 0.6) is 0 Å². The number of carbonyl (C=O) groups excluding carboxylic acids is 1. The third kappa shape index (κ3) is 3.91. The Balaban J connectivity index is 2.95. The summed E-state index contributed by atoms with van der Waals surface area (Å²) >= 11 is 0. The average Bonchev–Trinajstić information content (AvgIpc) is 2.39. The Bertz CT molecular complexity index is 473. The molecule has 0 unspecified atom stereocenters. The minimum Gasteiger partial charge on any atom is -0.294 e. The van der Waals surface area contributed by atoms with E-state index in [1.807, 2.05) is 39.8 Å². The second-order valence-corrected chi connectivity index (χ2v) is 4.32. The zero-order chi connectivity index (χ0) is 13.5. The minimum atomic E-state index is 0.178. The summed E-state index contributed by atoms with van der Waals surface area (Å²) in [5.41, 5.74) is 3.40. The van der Waals surface area contributed by atoms with Gasteiger partial charge in [0.25, 0.3) is 0 Å². The summed E-state index contributed by atoms with van der Waals surface area (Å²) < 4.78 is 0. The lowest BCUT2D eigenvalue weighted by atomic mass is 10.1. The van der Waals surface area contributed by atoms with Crippen molar-refractivity contribution in [1.29, 1.82) is 0 Å². The number of rotatable bonds is 5. The number of hydrogen-bond donors (Lipinski definition) is 0. The lowest BCUT2D eigenvalue weighted by Gasteiger charge is -2.04. The monoisotopic (exact) mass is 244 g/mol. The molecule has 0 atom stereocenters. The molecule has 0 radical (unpaired) electrons. The van der Waals surface area contributed by atoms with Crippen LogP contribution in [-0.2, 0) is 4.79 Å². The van der Waals surface area contributed by atoms with Crippen molar-refractivity contribution < 1.29 is 4.79 Å². The summed E-state index contributed by atoms with van der Waals surface area (Å²) in [6.07, 6.45) is 4.96. The van der Waals surface area contributed by atoms with E-state index >= 15 is 0 Å². The van der Waals surface area contributed by atoms with Crippen LogP contribution in [0, 0.1) is 0 Å². The molecule has 1 aromatic rings. The number of ketones is 1. The average molecular weight is 244 g/mol. The molecule has 0 fully saturated rings. The highest BCUT2D eigenvalue weighted by molar-refractivity contribution is 6.00. The lowest BCUT2D eigenvalue weighted by molar-refractivity contribution is -0.115. The number of aromatic nitrogens is 1. The van der Waals surface area contributed by atoms with Gasteiger partial charge in [-0.2, -0.15) is 0 Å². The third-order valence-corrected chi connectivity index (χ3v) is 2.85. The van der Waals surface area contributed by atoms with Crippen LogP contribution >= 0.6 is 0 Å². The fourth-order valence-electron chi connectivity index (χ4n) is 1.59. The van der Waals surface area contributed by atoms with Crippen LogP contribution in [0.15, 0.2) is 40.8 Å². The van der Waals surface area contributed by atoms with E-state index in [9.17, 15) is 4.79 Å². The SMILES string of the molecule is CCCC(=O)/C(C)=C(C)/N=C(\C)c1cccnc1. The summed E-state index contributed by atoms with van der Waals surface area (Å²) in [6.45, 7) is 7.65. The molecule has 96 valence electrons. The maximum Gasteiger partial charge on any atom is 0.160 e. The maximum absolute atomic E-state index is 11.8. The molecule has 0 saturated carbocycles. The second-order valence-electron chi connectivity index (χ2n) is 4.32. The standard InChI is InChI=1S/C15H20N2O/c1-5-7-15(18)11(2)12(3)17-13(4)14-8-6-9-16-10-14/h6,8-10H,5,7H2,1-4H3/b12-11+,17-13+. The number of Topliss-reactive ketones (excluding diaryl/α,β-unsaturated/α-hetero) is 1. The molecular weight excluding hydrogens is 224 g/mol. The number of hydrogen-bond acceptors (Lipinski definition) is 3. The van der Waals surface area contributed by atoms with Gasteiger partial charge in [-0.25, -0.2) is 0 Å². The minimum absolute atomic E-state index is 0.178. The predicted molar refractivity (Wildman–Crippen MR) is 74.7 cm³/mol. The molecule has 0 N–H and O–H groups in total. The van der Waals surface area contributed by atoms with Gasteiger partial charge in [-0.3, -0.25) is 14.8 Å². The van der Waals surface area contributed by atoms with E-state index in [1.165, 1.54) is 0 Å². The number of aliphatic imine (C=N–C) groups is 1. The highest BCUT2D eigenvalue weighted by atomic mass is 16.1. The Labute approximate surface area is 109 Å². The molecule has 0 aliphatic carbocycles. The lowest BCUT2D eigenvalue weighted by Crippen LogP contribution is -2.02. The molecule has 0 spiro atoms. The first-order valence-electron chi connectivity index (χ1n) is 6.22. The van der Waals surface area contributed by atoms with Gasteiger partial charge in [0.05, 0.1) is 0 Å². The number of allylic oxidation sites excluding steroid dienone is 2. The Morgan fingerprint density at radius 3 is 2.61 bits per heavy atom. The largest absolute Gasteiger partial charge is 0.294 e. The molecule has 0 aliphatic heterocycles. The molecule has 0 aromatic carbocycles. The topological polar surface area (TPSA) is 42.3 Å². The first kappa shape index (κ1) is 14.3. The van der Waals surface area contributed by atoms with Crippen LogP contribution in [0.25, 0.3) is 0 Å². The van der Waals surface area contributed by atoms with Gasteiger partial charge in [0, 0.05) is 41.4 Å². The van der Waals surface area contributed by atoms with Gasteiger partial charge in [-0.15, -0.1) is 0 Å². The van der Waals surface area contributed by atoms with E-state index < -0.39 is 0 Å². The Morgan fingerprint density at radius 2 is 2.06 bits per heavy atom. The molecule has 1 aromatic heterocycles. The van der Waals surface area contributed by atoms with Crippen molar-refractivity contribution in [3.05, 3.63) is 41.4 Å². The highest BCUT2D eigenvalue weighted by Crippen LogP contribution is 2.11. The van der Waals surface area contributed by atoms with Crippen LogP contribution in [0.3, 0.4) is 0 Å². The molecule has 1 heterocycles. The Kier molecular flexibility index (Phi) is 5.43. The summed E-state index contributed by atoms with van der Waals surface area (Å²) in [7, 11) is 0. The number of carbonyl (C=O) groups is 1. The molecule has 1 rings (SSSR count). The molecular formula is C15H20N2O. The molecule has 0 bridgehead atoms. The van der Waals surface area contributed by atoms with Crippen molar-refractivity contribution in [1.82, 2.24) is 4.98 Å². The smallest absolute Gasteiger partial charge is 0.160 e. The maximum atomic E-state index is 11.8. The zero-order valence-corrected chi connectivity index (χ0v) is 11.5. The first-order chi connectivity index (χ1) is 8.56. The van der Waals surface area contributed by atoms with E-state index in [4.69, 9.17) is 0 Å². The van der Waals surface area contributed by atoms with Gasteiger partial charge >= 0.3 is 0 Å². The van der Waals surface area contributed by atoms with Crippen LogP contribution < -0.4 is 0 Å². The second kappa shape index (κ2) is 6.84. The quantitative estimate of drug-likeness (QED) is 0.587. The van der Waals surface area contributed by atoms with Crippen molar-refractivity contribution in [2.75, 3.05) is 0 Å². The molecule has 3 nitrogen and oxygen atoms in total. The Hall–Kier alpha value is -1.77. The molecule has 0 amide bonds. The zero-order valence-electron chi connectivity index (χ0n) is 11.5. The van der Waals surface area contributed by atoms with E-state index in [0.29, 0.717) is 6.42 Å². The summed E-state index contributed by atoms with van der Waals surface area (Å²) in [5.74, 6) is 0.178. The molecule has 18 heavy (non-hydrogen) atoms. The first-order valence-corrected chi connectivity index (χ1v) is 6.22. The molecule has 0 aliphatic rings. The predicted octanol–water partition coefficient (Wildman–Crippen LogP) is 3.55. The van der Waals surface area contributed by atoms with Crippen LogP contribution in [0.4, 0.5) is 0 Å². The fourth-order valence-corrected chi connectivity index (χ4v) is 1.59. The van der Waals surface area contributed by atoms with Crippen molar-refractivity contribution in [3.63, 3.8) is 0 Å². The van der Waals surface area contributed by atoms with Crippen molar-refractivity contribution in [2.24, 2.45) is 4.99 Å². The summed E-state index contributed by atoms with van der Waals surface area (Å²) in [5, 5.41) is 0. The van der Waals surface area contributed by atoms with Gasteiger partial charge < -0.3 is 0 Å². The van der Waals surface area contributed by atoms with E-state index in [1.54, 1.807) is 12.4 Å². The Morgan fingerprint density at radius 1 is 1.33 bits per heavy atom. The number of nitrogens with zero attached hydrogens (tertiary/aromatic N) is 2. The van der Waals surface area contributed by atoms with Crippen LogP contribution in [0.1, 0.15) is 46.1 Å². The van der Waals surface area contributed by atoms with E-state index in [-0.39, 0.29) is 5.78 Å². The summed E-state index contributed by atoms with van der Waals surface area (Å²) in [6, 6.07) is 3.84. The van der Waals surface area contributed by atoms with Crippen molar-refractivity contribution >= 4 is 11.5 Å². The summed E-state index contributed by atoms with van der Waals surface area (Å²) in [4.78, 5) is 20.3. The highest BCUT2D eigenvalue weighted by Gasteiger charge is 2.07. The molecule has 0 saturated heterocycles. The van der Waals surface area contributed by atoms with Crippen LogP contribution in [0.2, 0.25) is 0 Å². The van der Waals surface area contributed by atoms with Gasteiger partial charge in [0.2, 0.25) is 0 Å². The van der Waals surface area contributed by atoms with E-state index in [2.05, 4.69) is 9.98 Å². The molecule has 3 heteroatoms. The van der Waals surface area contributed by atoms with Gasteiger partial charge in [-0.05, 0) is 33.3 Å². The van der Waals surface area contributed by atoms with Crippen molar-refractivity contribution in [2.45, 2.75) is 40.5 Å². The van der Waals surface area contributed by atoms with E-state index in [0.717, 1.165) is 29.0 Å². The third-order valence-electron chi connectivity index (χ3n) is 2.85. The van der Waals surface area contributed by atoms with Gasteiger partial charge in [0.1, 0.15) is 0 Å². The number of pyridine rings is 1. The van der Waals surface area contributed by atoms with Crippen LogP contribution in [-0.4, -0.2) is 16.5 Å². The fraction of sp³-hybridized carbons (Fsp3) is 0.400. The van der Waals surface area contributed by atoms with Gasteiger partial charge in [0.15, 0.2) is 5.78 Å². The van der Waals surface area contributed by atoms with Crippen molar-refractivity contribution in [3.8, 4) is 0 Å². The normalized spacial score (nSPS) is 13.2.